The van der Waals surface area contributed by atoms with E-state index in [4.69, 9.17) is 24.0 Å². The Morgan fingerprint density at radius 1 is 0.500 bits per heavy atom. The third-order valence-corrected chi connectivity index (χ3v) is 0. The predicted octanol–water partition coefficient (Wildman–Crippen LogP) is -0.0814. The van der Waals surface area contributed by atoms with Gasteiger partial charge in [-0.05, 0) is 0 Å². The van der Waals surface area contributed by atoms with Gasteiger partial charge in [0.25, 0.3) is 0 Å². The number of carbonyl (C=O) groups excluding carboxylic acids is 5. The van der Waals surface area contributed by atoms with Gasteiger partial charge in [-0.2, -0.15) is 0 Å². The van der Waals surface area contributed by atoms with E-state index in [0.717, 1.165) is 0 Å². The van der Waals surface area contributed by atoms with Crippen molar-refractivity contribution in [3.63, 3.8) is 0 Å². The number of hydrogen-bond donors (Lipinski definition) is 0. The first-order valence-corrected chi connectivity index (χ1v) is 7.52. The molecule has 0 aromatic heterocycles. The summed E-state index contributed by atoms with van der Waals surface area (Å²) < 4.78 is 0. The Bertz CT molecular complexity index is 31.4. The van der Waals surface area contributed by atoms with Gasteiger partial charge in [-0.3, -0.25) is 0 Å². The summed E-state index contributed by atoms with van der Waals surface area (Å²) in [5, 5.41) is 0. The summed E-state index contributed by atoms with van der Waals surface area (Å²) in [5.74, 6) is 0. The second-order valence-electron chi connectivity index (χ2n) is 0. The summed E-state index contributed by atoms with van der Waals surface area (Å²) in [6, 6.07) is 0. The average molecular weight is 416 g/mol. The molecule has 12 heavy (non-hydrogen) atoms. The Kier molecular flexibility index (Phi) is 12800. The normalized spacial score (nSPS) is 2.17. The summed E-state index contributed by atoms with van der Waals surface area (Å²) in [6.07, 6.45) is 0. The molecule has 0 N–H and O–H groups in total. The molecule has 0 aliphatic rings. The van der Waals surface area contributed by atoms with Crippen molar-refractivity contribution >= 4 is 47.4 Å². The summed E-state index contributed by atoms with van der Waals surface area (Å²) in [5.41, 5.74) is 0. The van der Waals surface area contributed by atoms with E-state index in [2.05, 4.69) is 13.4 Å². The Hall–Kier alpha value is -0.508. The fraction of sp³-hybridized carbons (Fsp3) is 0. The van der Waals surface area contributed by atoms with Gasteiger partial charge in [0.1, 0.15) is 33.9 Å². The number of rotatable bonds is 0. The molecule has 0 atom stereocenters. The van der Waals surface area contributed by atoms with E-state index in [9.17, 15) is 0 Å². The maximum atomic E-state index is 8.00. The van der Waals surface area contributed by atoms with Gasteiger partial charge in [-0.25, -0.2) is 0 Å². The number of carbonyl (C=O) groups is 5. The molecule has 0 aliphatic heterocycles. The van der Waals surface area contributed by atoms with E-state index >= 15 is 0 Å². The standard InChI is InChI=1S/5CH2O.BrH.Re/c5*1-2;;/h5*1H2;1H;/q;;;;;;+1/p-1. The molecule has 0 rings (SSSR count). The third-order valence-electron chi connectivity index (χ3n) is 0. The molecule has 0 saturated heterocycles. The van der Waals surface area contributed by atoms with Crippen LogP contribution < -0.4 is 0 Å². The molecule has 0 heterocycles. The monoisotopic (exact) mass is 416 g/mol. The molecule has 0 radical (unpaired) electrons. The zero-order valence-corrected chi connectivity index (χ0v) is 10.6. The van der Waals surface area contributed by atoms with Crippen LogP contribution in [0.25, 0.3) is 0 Å². The van der Waals surface area contributed by atoms with Gasteiger partial charge < -0.3 is 24.0 Å². The van der Waals surface area contributed by atoms with Gasteiger partial charge in [-0.15, -0.1) is 0 Å². The van der Waals surface area contributed by atoms with Crippen LogP contribution in [0.1, 0.15) is 0 Å². The van der Waals surface area contributed by atoms with Crippen molar-refractivity contribution in [1.82, 2.24) is 0 Å². The van der Waals surface area contributed by atoms with Crippen molar-refractivity contribution in [3.05, 3.63) is 0 Å². The van der Waals surface area contributed by atoms with Crippen LogP contribution in [0, 0.1) is 0 Å². The summed E-state index contributed by atoms with van der Waals surface area (Å²) in [4.78, 5) is 40.0. The average Bonchev–Trinajstić information content (AvgIpc) is 2.33. The molecule has 0 aliphatic carbocycles. The van der Waals surface area contributed by atoms with Gasteiger partial charge in [-0.1, -0.05) is 0 Å². The van der Waals surface area contributed by atoms with Gasteiger partial charge in [0.15, 0.2) is 0 Å². The minimum atomic E-state index is 1.53. The van der Waals surface area contributed by atoms with Crippen molar-refractivity contribution < 1.29 is 41.2 Å². The first kappa shape index (κ1) is 41.9. The van der Waals surface area contributed by atoms with Crippen molar-refractivity contribution in [2.45, 2.75) is 0 Å². The van der Waals surface area contributed by atoms with E-state index < -0.39 is 0 Å². The Morgan fingerprint density at radius 3 is 0.500 bits per heavy atom. The molecule has 5 nitrogen and oxygen atoms in total. The van der Waals surface area contributed by atoms with Crippen molar-refractivity contribution in [3.8, 4) is 0 Å². The molecule has 0 saturated carbocycles. The molecule has 7 heteroatoms. The first-order valence-electron chi connectivity index (χ1n) is 1.59. The van der Waals surface area contributed by atoms with Crippen LogP contribution in [0.4, 0.5) is 0 Å². The van der Waals surface area contributed by atoms with E-state index in [1.807, 2.05) is 33.9 Å². The molecule has 0 unspecified atom stereocenters. The summed E-state index contributed by atoms with van der Waals surface area (Å²) >= 11 is 4.53. The topological polar surface area (TPSA) is 85.3 Å². The Labute approximate surface area is 88.5 Å². The SMILES string of the molecule is C=O.C=O.C=O.C=O.C=O.[Br][Re]. The van der Waals surface area contributed by atoms with Crippen molar-refractivity contribution in [2.24, 2.45) is 0 Å². The fourth-order valence-corrected chi connectivity index (χ4v) is 0. The van der Waals surface area contributed by atoms with Crippen LogP contribution in [0.2, 0.25) is 0 Å². The van der Waals surface area contributed by atoms with Crippen LogP contribution in [0.5, 0.6) is 0 Å². The molecule has 74 valence electrons. The molecule has 0 aromatic rings. The molecule has 0 aromatic carbocycles. The van der Waals surface area contributed by atoms with Crippen LogP contribution in [-0.4, -0.2) is 33.9 Å². The van der Waals surface area contributed by atoms with Crippen molar-refractivity contribution in [2.75, 3.05) is 0 Å². The second kappa shape index (κ2) is 3670. The van der Waals surface area contributed by atoms with Gasteiger partial charge in [0.05, 0.1) is 0 Å². The van der Waals surface area contributed by atoms with Crippen LogP contribution >= 0.6 is 13.4 Å². The predicted molar refractivity (Wildman–Crippen MR) is 44.5 cm³/mol. The molecular weight excluding hydrogens is 406 g/mol. The maximum absolute atomic E-state index is 8.00. The second-order valence-corrected chi connectivity index (χ2v) is 0. The van der Waals surface area contributed by atoms with Crippen LogP contribution in [0.15, 0.2) is 0 Å². The zero-order chi connectivity index (χ0) is 12.0. The van der Waals surface area contributed by atoms with E-state index in [0.29, 0.717) is 0 Å². The Balaban J connectivity index is -0.00000000900. The minimum absolute atomic E-state index is 1.53. The van der Waals surface area contributed by atoms with Crippen molar-refractivity contribution in [1.29, 1.82) is 0 Å². The van der Waals surface area contributed by atoms with E-state index in [-0.39, 0.29) is 0 Å². The zero-order valence-electron chi connectivity index (χ0n) is 6.33. The molecular formula is C5H10BrO5Re. The summed E-state index contributed by atoms with van der Waals surface area (Å²) in [6.45, 7) is 10.0. The molecule has 0 fully saturated rings. The van der Waals surface area contributed by atoms with Gasteiger partial charge in [0.2, 0.25) is 0 Å². The first-order chi connectivity index (χ1) is 6.00. The third kappa shape index (κ3) is 2660. The molecule has 0 amide bonds. The molecule has 0 bridgehead atoms. The van der Waals surface area contributed by atoms with Gasteiger partial charge in [0, 0.05) is 0 Å². The van der Waals surface area contributed by atoms with E-state index in [1.54, 1.807) is 0 Å². The van der Waals surface area contributed by atoms with Gasteiger partial charge >= 0.3 is 30.6 Å². The summed E-state index contributed by atoms with van der Waals surface area (Å²) in [7, 11) is 0. The number of hydrogen-bond acceptors (Lipinski definition) is 5. The van der Waals surface area contributed by atoms with Crippen LogP contribution in [0.3, 0.4) is 0 Å². The fourth-order valence-electron chi connectivity index (χ4n) is 0. The quantitative estimate of drug-likeness (QED) is 0.552. The Morgan fingerprint density at radius 2 is 0.500 bits per heavy atom. The van der Waals surface area contributed by atoms with E-state index in [1.165, 1.54) is 17.2 Å². The molecule has 0 spiro atoms. The van der Waals surface area contributed by atoms with Crippen LogP contribution in [-0.2, 0) is 41.2 Å². The number of halogens is 1.